The molecule has 2 aromatic rings. The van der Waals surface area contributed by atoms with Crippen molar-refractivity contribution in [1.82, 2.24) is 0 Å². The van der Waals surface area contributed by atoms with Crippen molar-refractivity contribution in [3.63, 3.8) is 0 Å². The number of esters is 1. The third kappa shape index (κ3) is 14.1. The Balaban J connectivity index is 0.000000250. The summed E-state index contributed by atoms with van der Waals surface area (Å²) in [4.78, 5) is 23.2. The maximum atomic E-state index is 12.8. The smallest absolute Gasteiger partial charge is 0.338 e. The minimum Gasteiger partial charge on any atom is -0.459 e. The first-order chi connectivity index (χ1) is 36.2. The van der Waals surface area contributed by atoms with Crippen LogP contribution in [0.1, 0.15) is 254 Å². The maximum Gasteiger partial charge on any atom is 0.338 e. The fourth-order valence-corrected chi connectivity index (χ4v) is 19.2. The molecule has 0 aliphatic heterocycles. The van der Waals surface area contributed by atoms with E-state index < -0.39 is 16.4 Å². The summed E-state index contributed by atoms with van der Waals surface area (Å²) in [6, 6.07) is 18.2. The normalized spacial score (nSPS) is 37.9. The van der Waals surface area contributed by atoms with Gasteiger partial charge in [0.05, 0.1) is 22.9 Å². The number of halogens is 1. The summed E-state index contributed by atoms with van der Waals surface area (Å²) in [6.45, 7) is 28.0. The lowest BCUT2D eigenvalue weighted by molar-refractivity contribution is -0.0711. The van der Waals surface area contributed by atoms with Gasteiger partial charge in [0.25, 0.3) is 5.24 Å². The van der Waals surface area contributed by atoms with Crippen LogP contribution in [0, 0.1) is 92.7 Å². The van der Waals surface area contributed by atoms with E-state index in [1.54, 1.807) is 35.4 Å². The van der Waals surface area contributed by atoms with Gasteiger partial charge < -0.3 is 20.1 Å². The third-order valence-corrected chi connectivity index (χ3v) is 24.1. The van der Waals surface area contributed by atoms with Gasteiger partial charge in [0, 0.05) is 5.56 Å². The molecule has 6 fully saturated rings. The van der Waals surface area contributed by atoms with E-state index in [0.29, 0.717) is 50.5 Å². The number of hydrogen-bond donors (Lipinski definition) is 3. The molecule has 0 saturated heterocycles. The average molecular weight is 1130 g/mol. The predicted molar refractivity (Wildman–Crippen MR) is 337 cm³/mol. The number of aliphatic hydroxyl groups is 3. The van der Waals surface area contributed by atoms with Crippen LogP contribution in [0.4, 0.5) is 0 Å². The fraction of sp³-hybridized carbons (Fsp3) is 0.753. The van der Waals surface area contributed by atoms with Crippen molar-refractivity contribution in [1.29, 1.82) is 0 Å². The summed E-state index contributed by atoms with van der Waals surface area (Å²) in [6.07, 6.45) is 28.6. The van der Waals surface area contributed by atoms with Crippen molar-refractivity contribution in [2.24, 2.45) is 92.7 Å². The van der Waals surface area contributed by atoms with Crippen molar-refractivity contribution in [2.75, 3.05) is 0 Å². The molecule has 0 amide bonds. The Morgan fingerprint density at radius 2 is 0.950 bits per heavy atom. The van der Waals surface area contributed by atoms with E-state index in [1.165, 1.54) is 77.0 Å². The number of rotatable bonds is 13. The summed E-state index contributed by atoms with van der Waals surface area (Å²) in [7, 11) is 0. The maximum absolute atomic E-state index is 12.8. The van der Waals surface area contributed by atoms with Crippen molar-refractivity contribution in [3.8, 4) is 0 Å². The number of aliphatic hydroxyl groups excluding tert-OH is 1. The SMILES string of the molecule is C.C.C.CC(C)[C@@H](O)CC[C@@H](C)[C@H]1CC[C@H]2[C@@H]3CC=C4C[C@@](C)(O)CC[C@]4(C)[C@H]3CC[C@]12C.CC(C)[C@H](CC[C@@H](C)[C@H]1CC[C@H]2[C@@H]3CC=C4C[C@@](C)(O)CC[C@]4(C)[C@H]3CC[C@]12C)OC(=O)c1ccccc1.O=C(Cl)c1ccccc1. The van der Waals surface area contributed by atoms with Crippen molar-refractivity contribution in [2.45, 2.75) is 257 Å². The molecule has 18 atom stereocenters. The molecule has 8 aliphatic carbocycles. The molecule has 0 radical (unpaired) electrons. The van der Waals surface area contributed by atoms with Crippen LogP contribution in [0.2, 0.25) is 0 Å². The van der Waals surface area contributed by atoms with Gasteiger partial charge in [0.1, 0.15) is 6.10 Å². The van der Waals surface area contributed by atoms with E-state index in [4.69, 9.17) is 16.3 Å². The molecule has 0 bridgehead atoms. The van der Waals surface area contributed by atoms with Crippen LogP contribution in [0.25, 0.3) is 0 Å². The predicted octanol–water partition coefficient (Wildman–Crippen LogP) is 19.3. The number of benzene rings is 2. The lowest BCUT2D eigenvalue weighted by Crippen LogP contribution is -2.52. The molecule has 6 nitrogen and oxygen atoms in total. The van der Waals surface area contributed by atoms with Gasteiger partial charge in [-0.1, -0.05) is 163 Å². The van der Waals surface area contributed by atoms with Crippen LogP contribution in [0.5, 0.6) is 0 Å². The zero-order chi connectivity index (χ0) is 55.9. The molecule has 2 aromatic carbocycles. The van der Waals surface area contributed by atoms with E-state index in [9.17, 15) is 24.9 Å². The van der Waals surface area contributed by atoms with Gasteiger partial charge >= 0.3 is 5.97 Å². The van der Waals surface area contributed by atoms with E-state index in [0.717, 1.165) is 105 Å². The van der Waals surface area contributed by atoms with Crippen LogP contribution in [0.15, 0.2) is 84.0 Å². The van der Waals surface area contributed by atoms with Crippen LogP contribution in [-0.2, 0) is 4.74 Å². The Morgan fingerprint density at radius 1 is 0.537 bits per heavy atom. The highest BCUT2D eigenvalue weighted by Crippen LogP contribution is 2.69. The number of fused-ring (bicyclic) bond motifs is 10. The lowest BCUT2D eigenvalue weighted by atomic mass is 9.46. The standard InChI is InChI=1S/C35H52O3.C28H48O2.C7H5ClO.3CH4/c1-23(2)31(38-32(36)25-10-8-7-9-11-25)17-12-24(3)28-15-16-29-27-14-13-26-22-33(4,37)20-21-34(26,5)30(27)18-19-35(28,29)6;1-18(2)25(29)12-7-19(3)22-10-11-23-21-9-8-20-17-26(4,30)15-16-27(20,5)24(21)13-14-28(22,23)6;8-7(9)6-4-2-1-3-5-6;;;/h7-11,13,23-24,27-31,37H,12,14-22H2,1-6H3;8,18-19,21-25,29-30H,7,9-17H2,1-6H3;1-5H;3*1H4/t24-,27+,28-,29+,30+,31+,33+,34+,35-;19-,21+,22-,23+,24+,25+,26+,27+,28-;;;;/m11..../s1. The first-order valence-corrected chi connectivity index (χ1v) is 31.6. The molecule has 452 valence electrons. The molecule has 0 aromatic heterocycles. The molecule has 0 unspecified atom stereocenters. The van der Waals surface area contributed by atoms with E-state index >= 15 is 0 Å². The number of allylic oxidation sites excluding steroid dienone is 2. The summed E-state index contributed by atoms with van der Waals surface area (Å²) < 4.78 is 6.03. The molecular formula is C73H117ClO6. The van der Waals surface area contributed by atoms with Crippen LogP contribution in [-0.4, -0.2) is 49.9 Å². The Hall–Kier alpha value is -2.77. The quantitative estimate of drug-likeness (QED) is 0.105. The van der Waals surface area contributed by atoms with Crippen LogP contribution in [0.3, 0.4) is 0 Å². The zero-order valence-corrected chi connectivity index (χ0v) is 50.9. The summed E-state index contributed by atoms with van der Waals surface area (Å²) in [5.41, 5.74) is 4.87. The topological polar surface area (TPSA) is 104 Å². The molecule has 6 saturated carbocycles. The van der Waals surface area contributed by atoms with Gasteiger partial charge in [-0.05, 0) is 259 Å². The molecule has 7 heteroatoms. The molecule has 80 heavy (non-hydrogen) atoms. The Kier molecular flexibility index (Phi) is 23.0. The summed E-state index contributed by atoms with van der Waals surface area (Å²) >= 11 is 5.16. The number of carbonyl (C=O) groups excluding carboxylic acids is 2. The molecular weight excluding hydrogens is 1010 g/mol. The van der Waals surface area contributed by atoms with Gasteiger partial charge in [-0.2, -0.15) is 0 Å². The van der Waals surface area contributed by atoms with E-state index in [-0.39, 0.29) is 40.5 Å². The fourth-order valence-electron chi connectivity index (χ4n) is 19.0. The minimum absolute atomic E-state index is 0. The highest BCUT2D eigenvalue weighted by Gasteiger charge is 2.61. The second kappa shape index (κ2) is 27.1. The van der Waals surface area contributed by atoms with E-state index in [2.05, 4.69) is 81.4 Å². The third-order valence-electron chi connectivity index (χ3n) is 23.9. The molecule has 10 rings (SSSR count). The Labute approximate surface area is 494 Å². The summed E-state index contributed by atoms with van der Waals surface area (Å²) in [5.74, 6) is 8.41. The monoisotopic (exact) mass is 1120 g/mol. The molecule has 0 spiro atoms. The van der Waals surface area contributed by atoms with Crippen LogP contribution < -0.4 is 0 Å². The van der Waals surface area contributed by atoms with Gasteiger partial charge in [-0.3, -0.25) is 4.79 Å². The lowest BCUT2D eigenvalue weighted by Gasteiger charge is -2.59. The first-order valence-electron chi connectivity index (χ1n) is 31.3. The second-order valence-corrected chi connectivity index (χ2v) is 29.8. The largest absolute Gasteiger partial charge is 0.459 e. The van der Waals surface area contributed by atoms with Gasteiger partial charge in [0.2, 0.25) is 0 Å². The first kappa shape index (κ1) is 68.0. The molecule has 3 N–H and O–H groups in total. The number of hydrogen-bond acceptors (Lipinski definition) is 6. The number of carbonyl (C=O) groups is 2. The highest BCUT2D eigenvalue weighted by atomic mass is 35.5. The molecule has 8 aliphatic rings. The van der Waals surface area contributed by atoms with Crippen molar-refractivity contribution in [3.05, 3.63) is 95.1 Å². The van der Waals surface area contributed by atoms with Crippen LogP contribution >= 0.6 is 11.6 Å². The molecule has 0 heterocycles. The average Bonchev–Trinajstić information content (AvgIpc) is 3.95. The van der Waals surface area contributed by atoms with Crippen molar-refractivity contribution < 1.29 is 29.6 Å². The zero-order valence-electron chi connectivity index (χ0n) is 50.1. The van der Waals surface area contributed by atoms with Gasteiger partial charge in [-0.15, -0.1) is 0 Å². The van der Waals surface area contributed by atoms with Crippen molar-refractivity contribution >= 4 is 22.8 Å². The minimum atomic E-state index is -0.515. The van der Waals surface area contributed by atoms with Gasteiger partial charge in [-0.25, -0.2) is 4.79 Å². The van der Waals surface area contributed by atoms with Gasteiger partial charge in [0.15, 0.2) is 0 Å². The Morgan fingerprint density at radius 3 is 1.34 bits per heavy atom. The Bertz CT molecular complexity index is 2370. The number of ether oxygens (including phenoxy) is 1. The second-order valence-electron chi connectivity index (χ2n) is 29.4. The van der Waals surface area contributed by atoms with E-state index in [1.807, 2.05) is 50.2 Å². The summed E-state index contributed by atoms with van der Waals surface area (Å²) in [5, 5.41) is 31.4. The highest BCUT2D eigenvalue weighted by molar-refractivity contribution is 6.67.